The molecule has 0 aliphatic heterocycles. The lowest BCUT2D eigenvalue weighted by Gasteiger charge is -2.08. The molecule has 0 aliphatic carbocycles. The van der Waals surface area contributed by atoms with Crippen LogP contribution in [0.5, 0.6) is 0 Å². The molecule has 6 heteroatoms. The maximum atomic E-state index is 12.1. The summed E-state index contributed by atoms with van der Waals surface area (Å²) in [5.41, 5.74) is 1.16. The summed E-state index contributed by atoms with van der Waals surface area (Å²) in [5.74, 6) is 0. The normalized spacial score (nSPS) is 10.8. The second-order valence-electron chi connectivity index (χ2n) is 3.33. The predicted octanol–water partition coefficient (Wildman–Crippen LogP) is 1.46. The summed E-state index contributed by atoms with van der Waals surface area (Å²) in [7, 11) is 0. The standard InChI is InChI=1S/C10H12N4OS/c1-3-5-14-8-7(11-6-12-8)9(16)13(4-2)10(14)15/h3,6H,1,4-5H2,2H3,(H,11,12). The van der Waals surface area contributed by atoms with Gasteiger partial charge in [0.05, 0.1) is 6.33 Å². The van der Waals surface area contributed by atoms with Crippen molar-refractivity contribution in [1.82, 2.24) is 19.1 Å². The SMILES string of the molecule is C=CCn1c(=O)n(CC)c(=S)c2[nH]cnc21. The summed E-state index contributed by atoms with van der Waals surface area (Å²) in [4.78, 5) is 19.2. The third kappa shape index (κ3) is 1.42. The number of aromatic amines is 1. The van der Waals surface area contributed by atoms with Crippen LogP contribution < -0.4 is 5.69 Å². The summed E-state index contributed by atoms with van der Waals surface area (Å²) in [5, 5.41) is 0. The largest absolute Gasteiger partial charge is 0.341 e. The van der Waals surface area contributed by atoms with E-state index in [1.165, 1.54) is 0 Å². The quantitative estimate of drug-likeness (QED) is 0.648. The molecule has 0 bridgehead atoms. The minimum Gasteiger partial charge on any atom is -0.341 e. The van der Waals surface area contributed by atoms with Crippen molar-refractivity contribution in [2.75, 3.05) is 0 Å². The first-order valence-corrected chi connectivity index (χ1v) is 5.39. The highest BCUT2D eigenvalue weighted by molar-refractivity contribution is 7.71. The van der Waals surface area contributed by atoms with Gasteiger partial charge in [-0.3, -0.25) is 9.13 Å². The van der Waals surface area contributed by atoms with Crippen molar-refractivity contribution in [2.24, 2.45) is 0 Å². The molecule has 0 unspecified atom stereocenters. The molecular formula is C10H12N4OS. The smallest absolute Gasteiger partial charge is 0.331 e. The van der Waals surface area contributed by atoms with Crippen molar-refractivity contribution in [3.63, 3.8) is 0 Å². The number of hydrogen-bond donors (Lipinski definition) is 1. The Morgan fingerprint density at radius 3 is 3.00 bits per heavy atom. The first-order valence-electron chi connectivity index (χ1n) is 4.98. The molecule has 0 aromatic carbocycles. The third-order valence-corrected chi connectivity index (χ3v) is 2.85. The Balaban J connectivity index is 2.97. The molecule has 2 aromatic heterocycles. The average Bonchev–Trinajstić information content (AvgIpc) is 2.74. The first-order chi connectivity index (χ1) is 7.70. The summed E-state index contributed by atoms with van der Waals surface area (Å²) >= 11 is 5.23. The highest BCUT2D eigenvalue weighted by Crippen LogP contribution is 2.08. The lowest BCUT2D eigenvalue weighted by Crippen LogP contribution is -2.31. The molecule has 2 heterocycles. The molecule has 0 atom stereocenters. The predicted molar refractivity (Wildman–Crippen MR) is 65.0 cm³/mol. The topological polar surface area (TPSA) is 55.6 Å². The molecule has 1 N–H and O–H groups in total. The molecular weight excluding hydrogens is 224 g/mol. The number of rotatable bonds is 3. The number of imidazole rings is 1. The minimum absolute atomic E-state index is 0.146. The Labute approximate surface area is 97.1 Å². The monoisotopic (exact) mass is 236 g/mol. The molecule has 16 heavy (non-hydrogen) atoms. The van der Waals surface area contributed by atoms with E-state index in [2.05, 4.69) is 16.5 Å². The van der Waals surface area contributed by atoms with E-state index < -0.39 is 0 Å². The average molecular weight is 236 g/mol. The molecule has 0 radical (unpaired) electrons. The Bertz CT molecular complexity index is 649. The first kappa shape index (κ1) is 10.8. The molecule has 0 aliphatic rings. The van der Waals surface area contributed by atoms with Crippen LogP contribution in [0.2, 0.25) is 0 Å². The van der Waals surface area contributed by atoms with Crippen LogP contribution in [0, 0.1) is 4.64 Å². The van der Waals surface area contributed by atoms with Crippen LogP contribution in [-0.4, -0.2) is 19.1 Å². The molecule has 0 spiro atoms. The highest BCUT2D eigenvalue weighted by Gasteiger charge is 2.10. The third-order valence-electron chi connectivity index (χ3n) is 2.42. The van der Waals surface area contributed by atoms with Gasteiger partial charge in [-0.05, 0) is 6.92 Å². The van der Waals surface area contributed by atoms with E-state index in [0.717, 1.165) is 5.52 Å². The maximum Gasteiger partial charge on any atom is 0.331 e. The maximum absolute atomic E-state index is 12.1. The van der Waals surface area contributed by atoms with E-state index in [9.17, 15) is 4.79 Å². The number of H-pyrrole nitrogens is 1. The van der Waals surface area contributed by atoms with E-state index in [1.807, 2.05) is 6.92 Å². The molecule has 2 aromatic rings. The fourth-order valence-corrected chi connectivity index (χ4v) is 2.04. The summed E-state index contributed by atoms with van der Waals surface area (Å²) in [6.45, 7) is 6.49. The van der Waals surface area contributed by atoms with Gasteiger partial charge in [0.1, 0.15) is 10.2 Å². The van der Waals surface area contributed by atoms with Crippen LogP contribution in [0.15, 0.2) is 23.8 Å². The van der Waals surface area contributed by atoms with Gasteiger partial charge >= 0.3 is 5.69 Å². The Kier molecular flexibility index (Phi) is 2.74. The van der Waals surface area contributed by atoms with Crippen LogP contribution >= 0.6 is 12.2 Å². The fraction of sp³-hybridized carbons (Fsp3) is 0.300. The zero-order chi connectivity index (χ0) is 11.7. The van der Waals surface area contributed by atoms with E-state index in [0.29, 0.717) is 23.4 Å². The van der Waals surface area contributed by atoms with E-state index in [-0.39, 0.29) is 5.69 Å². The molecule has 0 saturated carbocycles. The molecule has 0 fully saturated rings. The Hall–Kier alpha value is -1.69. The Morgan fingerprint density at radius 2 is 2.38 bits per heavy atom. The number of hydrogen-bond acceptors (Lipinski definition) is 3. The van der Waals surface area contributed by atoms with Crippen molar-refractivity contribution in [1.29, 1.82) is 0 Å². The van der Waals surface area contributed by atoms with Crippen molar-refractivity contribution in [2.45, 2.75) is 20.0 Å². The van der Waals surface area contributed by atoms with E-state index >= 15 is 0 Å². The number of fused-ring (bicyclic) bond motifs is 1. The van der Waals surface area contributed by atoms with Crippen molar-refractivity contribution < 1.29 is 0 Å². The lowest BCUT2D eigenvalue weighted by atomic mass is 10.5. The minimum atomic E-state index is -0.146. The van der Waals surface area contributed by atoms with Crippen LogP contribution in [0.1, 0.15) is 6.92 Å². The molecule has 0 amide bonds. The number of allylic oxidation sites excluding steroid dienone is 1. The van der Waals surface area contributed by atoms with Gasteiger partial charge in [-0.1, -0.05) is 18.3 Å². The zero-order valence-corrected chi connectivity index (χ0v) is 9.75. The second-order valence-corrected chi connectivity index (χ2v) is 3.72. The number of aromatic nitrogens is 4. The van der Waals surface area contributed by atoms with Gasteiger partial charge in [-0.15, -0.1) is 6.58 Å². The van der Waals surface area contributed by atoms with Gasteiger partial charge in [0.25, 0.3) is 0 Å². The van der Waals surface area contributed by atoms with Crippen molar-refractivity contribution >= 4 is 23.4 Å². The van der Waals surface area contributed by atoms with Gasteiger partial charge < -0.3 is 4.98 Å². The summed E-state index contributed by atoms with van der Waals surface area (Å²) in [6.07, 6.45) is 3.21. The summed E-state index contributed by atoms with van der Waals surface area (Å²) < 4.78 is 3.60. The molecule has 2 rings (SSSR count). The van der Waals surface area contributed by atoms with E-state index in [4.69, 9.17) is 12.2 Å². The fourth-order valence-electron chi connectivity index (χ4n) is 1.68. The van der Waals surface area contributed by atoms with Crippen molar-refractivity contribution in [3.05, 3.63) is 34.1 Å². The van der Waals surface area contributed by atoms with Crippen LogP contribution in [0.3, 0.4) is 0 Å². The Morgan fingerprint density at radius 1 is 1.62 bits per heavy atom. The van der Waals surface area contributed by atoms with Gasteiger partial charge in [0.2, 0.25) is 0 Å². The summed E-state index contributed by atoms with van der Waals surface area (Å²) in [6, 6.07) is 0. The number of nitrogens with one attached hydrogen (secondary N) is 1. The molecule has 5 nitrogen and oxygen atoms in total. The van der Waals surface area contributed by atoms with Gasteiger partial charge in [0, 0.05) is 13.1 Å². The second kappa shape index (κ2) is 4.05. The number of nitrogens with zero attached hydrogens (tertiary/aromatic N) is 3. The van der Waals surface area contributed by atoms with Crippen LogP contribution in [0.4, 0.5) is 0 Å². The van der Waals surface area contributed by atoms with Crippen molar-refractivity contribution in [3.8, 4) is 0 Å². The van der Waals surface area contributed by atoms with Gasteiger partial charge in [-0.2, -0.15) is 0 Å². The van der Waals surface area contributed by atoms with Crippen LogP contribution in [0.25, 0.3) is 11.2 Å². The van der Waals surface area contributed by atoms with Gasteiger partial charge in [0.15, 0.2) is 5.65 Å². The highest BCUT2D eigenvalue weighted by atomic mass is 32.1. The van der Waals surface area contributed by atoms with E-state index in [1.54, 1.807) is 21.5 Å². The van der Waals surface area contributed by atoms with Crippen LogP contribution in [-0.2, 0) is 13.1 Å². The molecule has 84 valence electrons. The lowest BCUT2D eigenvalue weighted by molar-refractivity contribution is 0.631. The zero-order valence-electron chi connectivity index (χ0n) is 8.93. The van der Waals surface area contributed by atoms with Gasteiger partial charge in [-0.25, -0.2) is 9.78 Å². The molecule has 0 saturated heterocycles.